The van der Waals surface area contributed by atoms with Gasteiger partial charge < -0.3 is 9.84 Å². The summed E-state index contributed by atoms with van der Waals surface area (Å²) < 4.78 is 210. The van der Waals surface area contributed by atoms with Crippen LogP contribution in [-0.2, 0) is 4.74 Å². The third kappa shape index (κ3) is 1.68. The van der Waals surface area contributed by atoms with Gasteiger partial charge in [0.2, 0.25) is 0 Å². The fourth-order valence-corrected chi connectivity index (χ4v) is 5.08. The number of ether oxygens (including phenoxy) is 1. The van der Waals surface area contributed by atoms with E-state index in [1.54, 1.807) is 0 Å². The van der Waals surface area contributed by atoms with E-state index in [1.807, 2.05) is 0 Å². The monoisotopic (exact) mass is 504 g/mol. The Morgan fingerprint density at radius 3 is 1.16 bits per heavy atom. The highest BCUT2D eigenvalue weighted by Gasteiger charge is 3.21. The van der Waals surface area contributed by atoms with Crippen LogP contribution in [0.1, 0.15) is 26.7 Å². The molecule has 0 amide bonds. The zero-order chi connectivity index (χ0) is 25.4. The van der Waals surface area contributed by atoms with E-state index in [0.29, 0.717) is 0 Å². The maximum absolute atomic E-state index is 15.5. The first-order valence-corrected chi connectivity index (χ1v) is 8.92. The first-order chi connectivity index (χ1) is 14.0. The smallest absolute Gasteiger partial charge is 0.339 e. The van der Waals surface area contributed by atoms with Gasteiger partial charge >= 0.3 is 41.0 Å². The highest BCUT2D eigenvalue weighted by Crippen LogP contribution is 2.88. The Morgan fingerprint density at radius 1 is 0.594 bits per heavy atom. The van der Waals surface area contributed by atoms with E-state index in [-0.39, 0.29) is 6.42 Å². The van der Waals surface area contributed by atoms with Crippen LogP contribution in [0.25, 0.3) is 0 Å². The second-order valence-corrected chi connectivity index (χ2v) is 8.29. The third-order valence-corrected chi connectivity index (χ3v) is 6.83. The molecule has 0 aliphatic heterocycles. The quantitative estimate of drug-likeness (QED) is 0.536. The van der Waals surface area contributed by atoms with Crippen LogP contribution in [-0.4, -0.2) is 75.7 Å². The molecule has 0 aromatic rings. The van der Waals surface area contributed by atoms with Crippen molar-refractivity contribution in [3.05, 3.63) is 0 Å². The summed E-state index contributed by atoms with van der Waals surface area (Å²) in [6, 6.07) is 0. The number of alkyl halides is 14. The zero-order valence-electron chi connectivity index (χ0n) is 15.8. The van der Waals surface area contributed by atoms with Crippen LogP contribution < -0.4 is 0 Å². The molecule has 2 nitrogen and oxygen atoms in total. The second kappa shape index (κ2) is 5.77. The van der Waals surface area contributed by atoms with Crippen molar-refractivity contribution in [2.45, 2.75) is 90.7 Å². The molecule has 1 unspecified atom stereocenters. The molecule has 4 aliphatic carbocycles. The number of aliphatic hydroxyl groups excluding tert-OH is 1. The fraction of sp³-hybridized carbons (Fsp3) is 1.00. The van der Waals surface area contributed by atoms with E-state index >= 15 is 8.78 Å². The molecule has 0 aromatic heterocycles. The Labute approximate surface area is 169 Å². The SMILES string of the molecule is CCCC(O)COC1(C)C2(F)C(F)(F)C3(F)C(F)(F)C(F)(C2(F)F)C(F)(F)C1(F)C3(F)F. The molecule has 4 bridgehead atoms. The molecule has 4 aliphatic rings. The van der Waals surface area contributed by atoms with E-state index in [1.165, 1.54) is 6.92 Å². The average molecular weight is 504 g/mol. The molecule has 1 N–H and O–H groups in total. The van der Waals surface area contributed by atoms with Gasteiger partial charge in [-0.3, -0.25) is 0 Å². The number of halogens is 14. The van der Waals surface area contributed by atoms with E-state index in [2.05, 4.69) is 4.74 Å². The number of hydrogen-bond acceptors (Lipinski definition) is 2. The molecule has 16 heteroatoms. The van der Waals surface area contributed by atoms with Crippen molar-refractivity contribution < 1.29 is 71.3 Å². The molecule has 0 aromatic carbocycles. The molecule has 4 fully saturated rings. The lowest BCUT2D eigenvalue weighted by Crippen LogP contribution is -3.09. The normalized spacial score (nSPS) is 49.8. The molecular weight excluding hydrogens is 490 g/mol. The highest BCUT2D eigenvalue weighted by atomic mass is 19.3. The fourth-order valence-electron chi connectivity index (χ4n) is 5.08. The summed E-state index contributed by atoms with van der Waals surface area (Å²) in [7, 11) is 0. The minimum Gasteiger partial charge on any atom is -0.391 e. The van der Waals surface area contributed by atoms with Crippen LogP contribution in [0.3, 0.4) is 0 Å². The van der Waals surface area contributed by atoms with Crippen molar-refractivity contribution in [3.8, 4) is 0 Å². The van der Waals surface area contributed by atoms with Gasteiger partial charge in [0.05, 0.1) is 12.7 Å². The summed E-state index contributed by atoms with van der Waals surface area (Å²) >= 11 is 0. The van der Waals surface area contributed by atoms with E-state index in [9.17, 15) is 57.8 Å². The van der Waals surface area contributed by atoms with Crippen molar-refractivity contribution in [2.75, 3.05) is 6.61 Å². The minimum atomic E-state index is -7.70. The molecule has 0 spiro atoms. The Kier molecular flexibility index (Phi) is 4.61. The van der Waals surface area contributed by atoms with Gasteiger partial charge in [-0.15, -0.1) is 0 Å². The summed E-state index contributed by atoms with van der Waals surface area (Å²) in [5.41, 5.74) is -34.2. The highest BCUT2D eigenvalue weighted by molar-refractivity contribution is 5.55. The van der Waals surface area contributed by atoms with Gasteiger partial charge in [-0.25, -0.2) is 17.6 Å². The lowest BCUT2D eigenvalue weighted by Gasteiger charge is -2.76. The summed E-state index contributed by atoms with van der Waals surface area (Å²) in [5, 5.41) is 9.50. The molecule has 32 heavy (non-hydrogen) atoms. The van der Waals surface area contributed by atoms with Crippen LogP contribution in [0.15, 0.2) is 0 Å². The molecule has 0 heterocycles. The van der Waals surface area contributed by atoms with Gasteiger partial charge in [0.15, 0.2) is 5.60 Å². The zero-order valence-corrected chi connectivity index (χ0v) is 15.8. The Bertz CT molecular complexity index is 738. The Hall–Kier alpha value is -1.06. The average Bonchev–Trinajstić information content (AvgIpc) is 2.65. The molecule has 0 saturated heterocycles. The molecule has 0 radical (unpaired) electrons. The second-order valence-electron chi connectivity index (χ2n) is 8.29. The van der Waals surface area contributed by atoms with Crippen LogP contribution >= 0.6 is 0 Å². The molecule has 4 saturated carbocycles. The van der Waals surface area contributed by atoms with Crippen LogP contribution in [0.5, 0.6) is 0 Å². The van der Waals surface area contributed by atoms with Gasteiger partial charge in [-0.2, -0.15) is 43.9 Å². The third-order valence-electron chi connectivity index (χ3n) is 6.83. The first-order valence-electron chi connectivity index (χ1n) is 8.92. The molecule has 1 atom stereocenters. The maximum atomic E-state index is 15.5. The maximum Gasteiger partial charge on any atom is 0.339 e. The van der Waals surface area contributed by atoms with E-state index in [0.717, 1.165) is 0 Å². The standard InChI is InChI=1S/C16H14F14O2/c1-3-4-6(31)5-32-7(2)8(17)12(21,22)10(19)14(25,26)9(7,18)15(27,28)11(20,13(8,23)24)16(10,29)30/h6,31H,3-5H2,1-2H3. The predicted molar refractivity (Wildman–Crippen MR) is 75.4 cm³/mol. The summed E-state index contributed by atoms with van der Waals surface area (Å²) in [4.78, 5) is 0. The van der Waals surface area contributed by atoms with Crippen molar-refractivity contribution in [1.29, 1.82) is 0 Å². The van der Waals surface area contributed by atoms with Crippen LogP contribution in [0.4, 0.5) is 61.5 Å². The topological polar surface area (TPSA) is 29.5 Å². The Morgan fingerprint density at radius 2 is 0.875 bits per heavy atom. The molecular formula is C16H14F14O2. The van der Waals surface area contributed by atoms with Crippen LogP contribution in [0.2, 0.25) is 0 Å². The van der Waals surface area contributed by atoms with Crippen LogP contribution in [0, 0.1) is 0 Å². The Balaban J connectivity index is 2.49. The number of aliphatic hydroxyl groups is 1. The van der Waals surface area contributed by atoms with Crippen molar-refractivity contribution in [1.82, 2.24) is 0 Å². The van der Waals surface area contributed by atoms with Gasteiger partial charge in [0.1, 0.15) is 0 Å². The van der Waals surface area contributed by atoms with Gasteiger partial charge in [-0.1, -0.05) is 13.3 Å². The van der Waals surface area contributed by atoms with Gasteiger partial charge in [0, 0.05) is 0 Å². The molecule has 4 rings (SSSR count). The summed E-state index contributed by atoms with van der Waals surface area (Å²) in [6.07, 6.45) is -2.54. The number of hydrogen-bond donors (Lipinski definition) is 1. The summed E-state index contributed by atoms with van der Waals surface area (Å²) in [6.45, 7) is -1.32. The van der Waals surface area contributed by atoms with Crippen molar-refractivity contribution in [3.63, 3.8) is 0 Å². The van der Waals surface area contributed by atoms with Gasteiger partial charge in [0.25, 0.3) is 11.3 Å². The van der Waals surface area contributed by atoms with E-state index in [4.69, 9.17) is 0 Å². The number of rotatable bonds is 5. The molecule has 188 valence electrons. The summed E-state index contributed by atoms with van der Waals surface area (Å²) in [5.74, 6) is -37.2. The minimum absolute atomic E-state index is 0.0190. The van der Waals surface area contributed by atoms with Gasteiger partial charge in [-0.05, 0) is 13.3 Å². The first kappa shape index (κ1) is 25.6. The lowest BCUT2D eigenvalue weighted by atomic mass is 9.37. The van der Waals surface area contributed by atoms with Crippen molar-refractivity contribution in [2.24, 2.45) is 0 Å². The largest absolute Gasteiger partial charge is 0.391 e. The van der Waals surface area contributed by atoms with E-state index < -0.39 is 83.9 Å². The predicted octanol–water partition coefficient (Wildman–Crippen LogP) is 4.97. The lowest BCUT2D eigenvalue weighted by molar-refractivity contribution is -0.601. The van der Waals surface area contributed by atoms with Crippen molar-refractivity contribution >= 4 is 0 Å².